The van der Waals surface area contributed by atoms with Gasteiger partial charge in [0.2, 0.25) is 0 Å². The lowest BCUT2D eigenvalue weighted by molar-refractivity contribution is 0.0412. The van der Waals surface area contributed by atoms with E-state index >= 15 is 0 Å². The minimum Gasteiger partial charge on any atom is -0.394 e. The molecule has 1 heterocycles. The second-order valence-electron chi connectivity index (χ2n) is 4.44. The number of rotatable bonds is 5. The molecule has 0 radical (unpaired) electrons. The normalized spacial score (nSPS) is 22.2. The SMILES string of the molecule is CCN1CCC(N(C)CC(O)CO)CC1. The van der Waals surface area contributed by atoms with Crippen LogP contribution < -0.4 is 0 Å². The number of hydrogen-bond donors (Lipinski definition) is 2. The molecule has 4 heteroatoms. The second-order valence-corrected chi connectivity index (χ2v) is 4.44. The largest absolute Gasteiger partial charge is 0.394 e. The molecule has 0 aromatic carbocycles. The fourth-order valence-electron chi connectivity index (χ4n) is 2.22. The van der Waals surface area contributed by atoms with Crippen LogP contribution in [0.3, 0.4) is 0 Å². The molecule has 0 aromatic heterocycles. The Morgan fingerprint density at radius 3 is 2.47 bits per heavy atom. The third-order valence-electron chi connectivity index (χ3n) is 3.34. The fourth-order valence-corrected chi connectivity index (χ4v) is 2.22. The molecule has 90 valence electrons. The van der Waals surface area contributed by atoms with Gasteiger partial charge >= 0.3 is 0 Å². The minimum absolute atomic E-state index is 0.141. The lowest BCUT2D eigenvalue weighted by Crippen LogP contribution is -2.45. The van der Waals surface area contributed by atoms with E-state index < -0.39 is 6.10 Å². The first-order valence-electron chi connectivity index (χ1n) is 5.88. The van der Waals surface area contributed by atoms with Crippen molar-refractivity contribution in [1.29, 1.82) is 0 Å². The summed E-state index contributed by atoms with van der Waals surface area (Å²) in [6.45, 7) is 6.07. The van der Waals surface area contributed by atoms with Crippen molar-refractivity contribution in [2.45, 2.75) is 31.9 Å². The lowest BCUT2D eigenvalue weighted by atomic mass is 10.0. The molecule has 0 aromatic rings. The Morgan fingerprint density at radius 1 is 1.40 bits per heavy atom. The van der Waals surface area contributed by atoms with Gasteiger partial charge in [-0.2, -0.15) is 0 Å². The van der Waals surface area contributed by atoms with Gasteiger partial charge in [0.25, 0.3) is 0 Å². The molecule has 1 aliphatic heterocycles. The van der Waals surface area contributed by atoms with Gasteiger partial charge in [-0.25, -0.2) is 0 Å². The molecule has 1 aliphatic rings. The van der Waals surface area contributed by atoms with Gasteiger partial charge in [-0.1, -0.05) is 6.92 Å². The predicted octanol–water partition coefficient (Wildman–Crippen LogP) is -0.244. The predicted molar refractivity (Wildman–Crippen MR) is 60.9 cm³/mol. The zero-order chi connectivity index (χ0) is 11.3. The zero-order valence-corrected chi connectivity index (χ0v) is 9.89. The smallest absolute Gasteiger partial charge is 0.0897 e. The van der Waals surface area contributed by atoms with Crippen LogP contribution in [-0.4, -0.2) is 72.0 Å². The van der Waals surface area contributed by atoms with E-state index in [0.29, 0.717) is 12.6 Å². The van der Waals surface area contributed by atoms with Crippen LogP contribution in [0, 0.1) is 0 Å². The van der Waals surface area contributed by atoms with Crippen LogP contribution in [0.5, 0.6) is 0 Å². The van der Waals surface area contributed by atoms with Crippen LogP contribution in [0.4, 0.5) is 0 Å². The molecule has 0 aliphatic carbocycles. The Bertz CT molecular complexity index is 170. The first-order valence-corrected chi connectivity index (χ1v) is 5.88. The standard InChI is InChI=1S/C11H24N2O2/c1-3-13-6-4-10(5-7-13)12(2)8-11(15)9-14/h10-11,14-15H,3-9H2,1-2H3. The quantitative estimate of drug-likeness (QED) is 0.665. The van der Waals surface area contributed by atoms with Crippen LogP contribution in [0.2, 0.25) is 0 Å². The van der Waals surface area contributed by atoms with Crippen LogP contribution >= 0.6 is 0 Å². The molecule has 1 fully saturated rings. The summed E-state index contributed by atoms with van der Waals surface area (Å²) in [7, 11) is 2.03. The van der Waals surface area contributed by atoms with Gasteiger partial charge in [-0.15, -0.1) is 0 Å². The maximum Gasteiger partial charge on any atom is 0.0897 e. The van der Waals surface area contributed by atoms with Crippen LogP contribution in [-0.2, 0) is 0 Å². The van der Waals surface area contributed by atoms with Gasteiger partial charge in [0.15, 0.2) is 0 Å². The fraction of sp³-hybridized carbons (Fsp3) is 1.00. The van der Waals surface area contributed by atoms with Gasteiger partial charge in [0.1, 0.15) is 0 Å². The zero-order valence-electron chi connectivity index (χ0n) is 9.89. The molecule has 2 N–H and O–H groups in total. The molecule has 1 rings (SSSR count). The third kappa shape index (κ3) is 4.07. The van der Waals surface area contributed by atoms with E-state index in [2.05, 4.69) is 16.7 Å². The number of nitrogens with zero attached hydrogens (tertiary/aromatic N) is 2. The number of likely N-dealkylation sites (N-methyl/N-ethyl adjacent to an activating group) is 1. The first-order chi connectivity index (χ1) is 7.17. The van der Waals surface area contributed by atoms with Gasteiger partial charge < -0.3 is 20.0 Å². The number of aliphatic hydroxyl groups excluding tert-OH is 2. The number of piperidine rings is 1. The Labute approximate surface area is 92.5 Å². The lowest BCUT2D eigenvalue weighted by Gasteiger charge is -2.36. The van der Waals surface area contributed by atoms with Gasteiger partial charge in [0, 0.05) is 12.6 Å². The summed E-state index contributed by atoms with van der Waals surface area (Å²) in [5.41, 5.74) is 0. The van der Waals surface area contributed by atoms with Crippen molar-refractivity contribution >= 4 is 0 Å². The molecule has 0 spiro atoms. The van der Waals surface area contributed by atoms with E-state index in [0.717, 1.165) is 19.6 Å². The third-order valence-corrected chi connectivity index (χ3v) is 3.34. The van der Waals surface area contributed by atoms with Crippen LogP contribution in [0.1, 0.15) is 19.8 Å². The van der Waals surface area contributed by atoms with Crippen LogP contribution in [0.25, 0.3) is 0 Å². The molecule has 1 atom stereocenters. The highest BCUT2D eigenvalue weighted by Crippen LogP contribution is 2.15. The van der Waals surface area contributed by atoms with Gasteiger partial charge in [-0.05, 0) is 39.5 Å². The second kappa shape index (κ2) is 6.43. The van der Waals surface area contributed by atoms with Gasteiger partial charge in [-0.3, -0.25) is 0 Å². The summed E-state index contributed by atoms with van der Waals surface area (Å²) >= 11 is 0. The van der Waals surface area contributed by atoms with Crippen molar-refractivity contribution in [2.24, 2.45) is 0 Å². The maximum atomic E-state index is 9.36. The van der Waals surface area contributed by atoms with E-state index in [1.54, 1.807) is 0 Å². The summed E-state index contributed by atoms with van der Waals surface area (Å²) in [4.78, 5) is 4.63. The van der Waals surface area contributed by atoms with E-state index in [4.69, 9.17) is 5.11 Å². The maximum absolute atomic E-state index is 9.36. The van der Waals surface area contributed by atoms with Crippen molar-refractivity contribution in [3.8, 4) is 0 Å². The average molecular weight is 216 g/mol. The van der Waals surface area contributed by atoms with E-state index in [1.165, 1.54) is 12.8 Å². The molecular weight excluding hydrogens is 192 g/mol. The summed E-state index contributed by atoms with van der Waals surface area (Å²) in [5, 5.41) is 18.1. The van der Waals surface area contributed by atoms with E-state index in [-0.39, 0.29) is 6.61 Å². The average Bonchev–Trinajstić information content (AvgIpc) is 2.29. The molecule has 4 nitrogen and oxygen atoms in total. The minimum atomic E-state index is -0.598. The van der Waals surface area contributed by atoms with Crippen molar-refractivity contribution in [3.63, 3.8) is 0 Å². The summed E-state index contributed by atoms with van der Waals surface area (Å²) in [6.07, 6.45) is 1.74. The Balaban J connectivity index is 2.26. The topological polar surface area (TPSA) is 46.9 Å². The molecule has 1 unspecified atom stereocenters. The van der Waals surface area contributed by atoms with Crippen LogP contribution in [0.15, 0.2) is 0 Å². The van der Waals surface area contributed by atoms with Crippen molar-refractivity contribution in [3.05, 3.63) is 0 Å². The van der Waals surface area contributed by atoms with Crippen molar-refractivity contribution in [1.82, 2.24) is 9.80 Å². The highest BCUT2D eigenvalue weighted by Gasteiger charge is 2.22. The van der Waals surface area contributed by atoms with Crippen molar-refractivity contribution < 1.29 is 10.2 Å². The molecular formula is C11H24N2O2. The number of hydrogen-bond acceptors (Lipinski definition) is 4. The highest BCUT2D eigenvalue weighted by atomic mass is 16.3. The summed E-state index contributed by atoms with van der Waals surface area (Å²) in [6, 6.07) is 0.564. The Kier molecular flexibility index (Phi) is 5.53. The Morgan fingerprint density at radius 2 is 2.00 bits per heavy atom. The monoisotopic (exact) mass is 216 g/mol. The highest BCUT2D eigenvalue weighted by molar-refractivity contribution is 4.78. The Hall–Kier alpha value is -0.160. The van der Waals surface area contributed by atoms with Gasteiger partial charge in [0.05, 0.1) is 12.7 Å². The van der Waals surface area contributed by atoms with Crippen molar-refractivity contribution in [2.75, 3.05) is 39.8 Å². The summed E-state index contributed by atoms with van der Waals surface area (Å²) in [5.74, 6) is 0. The van der Waals surface area contributed by atoms with E-state index in [9.17, 15) is 5.11 Å². The first kappa shape index (κ1) is 12.9. The molecule has 0 amide bonds. The summed E-state index contributed by atoms with van der Waals surface area (Å²) < 4.78 is 0. The molecule has 15 heavy (non-hydrogen) atoms. The van der Waals surface area contributed by atoms with E-state index in [1.807, 2.05) is 7.05 Å². The number of likely N-dealkylation sites (tertiary alicyclic amines) is 1. The molecule has 1 saturated heterocycles. The number of aliphatic hydroxyl groups is 2. The molecule has 0 bridgehead atoms. The molecule has 0 saturated carbocycles.